The third-order valence-corrected chi connectivity index (χ3v) is 3.09. The minimum Gasteiger partial charge on any atom is -0.495 e. The van der Waals surface area contributed by atoms with Crippen LogP contribution in [0.1, 0.15) is 5.56 Å². The molecule has 0 saturated carbocycles. The first-order valence-corrected chi connectivity index (χ1v) is 5.74. The number of methoxy groups -OCH3 is 1. The Morgan fingerprint density at radius 2 is 2.18 bits per heavy atom. The lowest BCUT2D eigenvalue weighted by atomic mass is 10.1. The molecule has 0 spiro atoms. The fourth-order valence-electron chi connectivity index (χ4n) is 2.12. The maximum Gasteiger partial charge on any atom is 0.137 e. The summed E-state index contributed by atoms with van der Waals surface area (Å²) in [6.07, 6.45) is 2.86. The Balaban J connectivity index is 1.97. The molecule has 1 aromatic heterocycles. The summed E-state index contributed by atoms with van der Waals surface area (Å²) in [5, 5.41) is 3.38. The van der Waals surface area contributed by atoms with Crippen LogP contribution < -0.4 is 10.1 Å². The van der Waals surface area contributed by atoms with Gasteiger partial charge >= 0.3 is 0 Å². The number of anilines is 1. The lowest BCUT2D eigenvalue weighted by Crippen LogP contribution is -1.91. The largest absolute Gasteiger partial charge is 0.495 e. The zero-order valence-electron chi connectivity index (χ0n) is 9.73. The number of fused-ring (bicyclic) bond motifs is 1. The van der Waals surface area contributed by atoms with Gasteiger partial charge in [0.1, 0.15) is 5.75 Å². The molecular formula is C14H14N2O. The van der Waals surface area contributed by atoms with Crippen molar-refractivity contribution in [3.8, 4) is 17.0 Å². The molecule has 1 aliphatic heterocycles. The van der Waals surface area contributed by atoms with Gasteiger partial charge < -0.3 is 10.1 Å². The molecule has 3 heteroatoms. The number of nitrogens with one attached hydrogen (secondary N) is 1. The van der Waals surface area contributed by atoms with Crippen molar-refractivity contribution in [3.63, 3.8) is 0 Å². The van der Waals surface area contributed by atoms with E-state index in [9.17, 15) is 0 Å². The lowest BCUT2D eigenvalue weighted by Gasteiger charge is -2.05. The number of aromatic nitrogens is 1. The molecule has 0 fully saturated rings. The van der Waals surface area contributed by atoms with Gasteiger partial charge in [0.15, 0.2) is 0 Å². The lowest BCUT2D eigenvalue weighted by molar-refractivity contribution is 0.413. The van der Waals surface area contributed by atoms with E-state index in [1.54, 1.807) is 13.3 Å². The summed E-state index contributed by atoms with van der Waals surface area (Å²) in [6, 6.07) is 10.4. The second kappa shape index (κ2) is 4.09. The van der Waals surface area contributed by atoms with Gasteiger partial charge in [-0.2, -0.15) is 0 Å². The fourth-order valence-corrected chi connectivity index (χ4v) is 2.12. The molecule has 0 amide bonds. The van der Waals surface area contributed by atoms with Crippen molar-refractivity contribution in [2.45, 2.75) is 6.42 Å². The number of ether oxygens (including phenoxy) is 1. The van der Waals surface area contributed by atoms with Gasteiger partial charge in [0.25, 0.3) is 0 Å². The topological polar surface area (TPSA) is 34.1 Å². The molecule has 3 rings (SSSR count). The molecule has 17 heavy (non-hydrogen) atoms. The van der Waals surface area contributed by atoms with Gasteiger partial charge in [0.2, 0.25) is 0 Å². The van der Waals surface area contributed by atoms with E-state index in [-0.39, 0.29) is 0 Å². The molecule has 86 valence electrons. The summed E-state index contributed by atoms with van der Waals surface area (Å²) in [6.45, 7) is 1.04. The van der Waals surface area contributed by atoms with Crippen molar-refractivity contribution in [1.29, 1.82) is 0 Å². The van der Waals surface area contributed by atoms with Gasteiger partial charge in [-0.3, -0.25) is 4.98 Å². The van der Waals surface area contributed by atoms with Crippen LogP contribution in [0.2, 0.25) is 0 Å². The standard InChI is InChI=1S/C14H14N2O/c1-17-12-4-5-13(16-9-12)11-3-2-10-6-7-15-14(10)8-11/h2-5,8-9,15H,6-7H2,1H3. The average molecular weight is 226 g/mol. The molecule has 0 radical (unpaired) electrons. The molecule has 1 N–H and O–H groups in total. The highest BCUT2D eigenvalue weighted by molar-refractivity contribution is 5.69. The molecule has 0 atom stereocenters. The van der Waals surface area contributed by atoms with E-state index in [1.165, 1.54) is 11.3 Å². The van der Waals surface area contributed by atoms with E-state index >= 15 is 0 Å². The third kappa shape index (κ3) is 1.84. The van der Waals surface area contributed by atoms with Crippen LogP contribution in [0, 0.1) is 0 Å². The fraction of sp³-hybridized carbons (Fsp3) is 0.214. The van der Waals surface area contributed by atoms with E-state index in [1.807, 2.05) is 12.1 Å². The van der Waals surface area contributed by atoms with Crippen molar-refractivity contribution in [2.75, 3.05) is 19.0 Å². The SMILES string of the molecule is COc1ccc(-c2ccc3c(c2)NCC3)nc1. The van der Waals surface area contributed by atoms with Gasteiger partial charge in [-0.15, -0.1) is 0 Å². The number of hydrogen-bond donors (Lipinski definition) is 1. The van der Waals surface area contributed by atoms with Crippen molar-refractivity contribution in [3.05, 3.63) is 42.1 Å². The number of pyridine rings is 1. The molecule has 1 aromatic carbocycles. The Morgan fingerprint density at radius 3 is 2.94 bits per heavy atom. The molecule has 3 nitrogen and oxygen atoms in total. The Morgan fingerprint density at radius 1 is 1.24 bits per heavy atom. The van der Waals surface area contributed by atoms with Crippen LogP contribution in [0.25, 0.3) is 11.3 Å². The van der Waals surface area contributed by atoms with E-state index in [2.05, 4.69) is 28.5 Å². The minimum atomic E-state index is 0.785. The summed E-state index contributed by atoms with van der Waals surface area (Å²) in [4.78, 5) is 4.39. The number of nitrogens with zero attached hydrogens (tertiary/aromatic N) is 1. The van der Waals surface area contributed by atoms with Crippen LogP contribution in [0.4, 0.5) is 5.69 Å². The van der Waals surface area contributed by atoms with Crippen LogP contribution >= 0.6 is 0 Å². The van der Waals surface area contributed by atoms with Gasteiger partial charge in [-0.25, -0.2) is 0 Å². The summed E-state index contributed by atoms with van der Waals surface area (Å²) in [5.41, 5.74) is 4.74. The summed E-state index contributed by atoms with van der Waals surface area (Å²) < 4.78 is 5.10. The molecule has 0 saturated heterocycles. The van der Waals surface area contributed by atoms with Gasteiger partial charge in [-0.1, -0.05) is 12.1 Å². The van der Waals surface area contributed by atoms with Crippen molar-refractivity contribution >= 4 is 5.69 Å². The molecule has 0 aliphatic carbocycles. The normalized spacial score (nSPS) is 13.0. The molecule has 0 bridgehead atoms. The first-order valence-electron chi connectivity index (χ1n) is 5.74. The first kappa shape index (κ1) is 10.1. The Hall–Kier alpha value is -2.03. The second-order valence-electron chi connectivity index (χ2n) is 4.13. The number of hydrogen-bond acceptors (Lipinski definition) is 3. The van der Waals surface area contributed by atoms with E-state index in [0.29, 0.717) is 0 Å². The maximum absolute atomic E-state index is 5.10. The smallest absolute Gasteiger partial charge is 0.137 e. The highest BCUT2D eigenvalue weighted by atomic mass is 16.5. The summed E-state index contributed by atoms with van der Waals surface area (Å²) >= 11 is 0. The quantitative estimate of drug-likeness (QED) is 0.855. The Bertz CT molecular complexity index is 534. The zero-order chi connectivity index (χ0) is 11.7. The molecule has 2 aromatic rings. The van der Waals surface area contributed by atoms with Crippen LogP contribution in [0.5, 0.6) is 5.75 Å². The van der Waals surface area contributed by atoms with E-state index in [0.717, 1.165) is 30.0 Å². The first-order chi connectivity index (χ1) is 8.36. The van der Waals surface area contributed by atoms with Crippen LogP contribution in [0.3, 0.4) is 0 Å². The molecule has 0 unspecified atom stereocenters. The average Bonchev–Trinajstić information content (AvgIpc) is 2.86. The summed E-state index contributed by atoms with van der Waals surface area (Å²) in [7, 11) is 1.65. The molecule has 1 aliphatic rings. The summed E-state index contributed by atoms with van der Waals surface area (Å²) in [5.74, 6) is 0.785. The zero-order valence-corrected chi connectivity index (χ0v) is 9.73. The Labute approximate surface area is 100 Å². The Kier molecular flexibility index (Phi) is 2.44. The third-order valence-electron chi connectivity index (χ3n) is 3.09. The van der Waals surface area contributed by atoms with Crippen molar-refractivity contribution in [2.24, 2.45) is 0 Å². The highest BCUT2D eigenvalue weighted by Gasteiger charge is 2.10. The maximum atomic E-state index is 5.10. The number of rotatable bonds is 2. The second-order valence-corrected chi connectivity index (χ2v) is 4.13. The molecular weight excluding hydrogens is 212 g/mol. The van der Waals surface area contributed by atoms with Crippen LogP contribution in [-0.2, 0) is 6.42 Å². The van der Waals surface area contributed by atoms with Gasteiger partial charge in [0.05, 0.1) is 19.0 Å². The van der Waals surface area contributed by atoms with Crippen molar-refractivity contribution < 1.29 is 4.74 Å². The highest BCUT2D eigenvalue weighted by Crippen LogP contribution is 2.28. The van der Waals surface area contributed by atoms with Crippen molar-refractivity contribution in [1.82, 2.24) is 4.98 Å². The van der Waals surface area contributed by atoms with Crippen LogP contribution in [0.15, 0.2) is 36.5 Å². The predicted octanol–water partition coefficient (Wildman–Crippen LogP) is 2.73. The minimum absolute atomic E-state index is 0.785. The van der Waals surface area contributed by atoms with E-state index in [4.69, 9.17) is 4.74 Å². The van der Waals surface area contributed by atoms with Crippen LogP contribution in [-0.4, -0.2) is 18.6 Å². The molecule has 2 heterocycles. The monoisotopic (exact) mass is 226 g/mol. The van der Waals surface area contributed by atoms with Gasteiger partial charge in [0, 0.05) is 17.8 Å². The van der Waals surface area contributed by atoms with E-state index < -0.39 is 0 Å². The predicted molar refractivity (Wildman–Crippen MR) is 68.4 cm³/mol. The van der Waals surface area contributed by atoms with Gasteiger partial charge in [-0.05, 0) is 30.2 Å². The number of benzene rings is 1.